The zero-order chi connectivity index (χ0) is 15.4. The lowest BCUT2D eigenvalue weighted by Gasteiger charge is -2.38. The van der Waals surface area contributed by atoms with Gasteiger partial charge in [-0.2, -0.15) is 6.20 Å². The molecule has 1 aliphatic rings. The molecule has 1 aliphatic heterocycles. The summed E-state index contributed by atoms with van der Waals surface area (Å²) in [4.78, 5) is 0. The molecule has 5 atom stereocenters. The molecular formula is C15H20NO5-. The molecule has 0 bridgehead atoms. The van der Waals surface area contributed by atoms with Crippen molar-refractivity contribution in [3.63, 3.8) is 0 Å². The van der Waals surface area contributed by atoms with Crippen LogP contribution < -0.4 is 4.74 Å². The second-order valence-electron chi connectivity index (χ2n) is 4.94. The van der Waals surface area contributed by atoms with Crippen molar-refractivity contribution in [1.29, 1.82) is 0 Å². The van der Waals surface area contributed by atoms with Gasteiger partial charge < -0.3 is 30.1 Å². The first-order valence-corrected chi connectivity index (χ1v) is 6.75. The van der Waals surface area contributed by atoms with Crippen LogP contribution in [0.5, 0.6) is 5.75 Å². The Morgan fingerprint density at radius 3 is 2.38 bits per heavy atom. The van der Waals surface area contributed by atoms with E-state index >= 15 is 0 Å². The zero-order valence-electron chi connectivity index (χ0n) is 12.0. The van der Waals surface area contributed by atoms with Crippen molar-refractivity contribution in [3.05, 3.63) is 41.3 Å². The summed E-state index contributed by atoms with van der Waals surface area (Å²) in [6, 6.07) is 7.13. The van der Waals surface area contributed by atoms with Crippen molar-refractivity contribution >= 4 is 6.08 Å². The third-order valence-electron chi connectivity index (χ3n) is 3.36. The molecule has 1 fully saturated rings. The molecule has 1 aromatic carbocycles. The van der Waals surface area contributed by atoms with Gasteiger partial charge in [-0.1, -0.05) is 18.2 Å². The van der Waals surface area contributed by atoms with Gasteiger partial charge in [0.05, 0.1) is 6.10 Å². The third-order valence-corrected chi connectivity index (χ3v) is 3.36. The number of nitrogens with zero attached hydrogens (tertiary/aromatic N) is 1. The molecular weight excluding hydrogens is 274 g/mol. The molecule has 1 heterocycles. The van der Waals surface area contributed by atoms with Gasteiger partial charge in [-0.15, -0.1) is 7.05 Å². The van der Waals surface area contributed by atoms with Gasteiger partial charge in [0, 0.05) is 0 Å². The lowest BCUT2D eigenvalue weighted by Crippen LogP contribution is -2.58. The quantitative estimate of drug-likeness (QED) is 0.766. The van der Waals surface area contributed by atoms with Crippen LogP contribution in [-0.2, 0) is 4.74 Å². The average Bonchev–Trinajstić information content (AvgIpc) is 2.50. The van der Waals surface area contributed by atoms with Crippen LogP contribution in [0.3, 0.4) is 0 Å². The van der Waals surface area contributed by atoms with E-state index in [-0.39, 0.29) is 0 Å². The summed E-state index contributed by atoms with van der Waals surface area (Å²) < 4.78 is 10.9. The predicted octanol–water partition coefficient (Wildman–Crippen LogP) is 0.867. The molecule has 5 unspecified atom stereocenters. The molecule has 1 aromatic rings. The molecule has 0 radical (unpaired) electrons. The minimum atomic E-state index is -1.31. The van der Waals surface area contributed by atoms with E-state index in [1.807, 2.05) is 18.2 Å². The Morgan fingerprint density at radius 1 is 1.10 bits per heavy atom. The Kier molecular flexibility index (Phi) is 5.19. The van der Waals surface area contributed by atoms with Crippen LogP contribution in [0.25, 0.3) is 11.4 Å². The maximum absolute atomic E-state index is 9.87. The van der Waals surface area contributed by atoms with Crippen LogP contribution in [0.4, 0.5) is 0 Å². The molecule has 21 heavy (non-hydrogen) atoms. The maximum Gasteiger partial charge on any atom is 0.229 e. The van der Waals surface area contributed by atoms with E-state index < -0.39 is 30.7 Å². The lowest BCUT2D eigenvalue weighted by atomic mass is 10.00. The average molecular weight is 294 g/mol. The van der Waals surface area contributed by atoms with Crippen molar-refractivity contribution < 1.29 is 24.8 Å². The molecule has 0 spiro atoms. The summed E-state index contributed by atoms with van der Waals surface area (Å²) in [6.07, 6.45) is -1.86. The number of benzene rings is 1. The van der Waals surface area contributed by atoms with Crippen molar-refractivity contribution in [3.8, 4) is 5.75 Å². The summed E-state index contributed by atoms with van der Waals surface area (Å²) in [5.41, 5.74) is 0.960. The summed E-state index contributed by atoms with van der Waals surface area (Å²) in [5, 5.41) is 33.1. The summed E-state index contributed by atoms with van der Waals surface area (Å²) in [6.45, 7) is 1.61. The normalized spacial score (nSPS) is 33.1. The van der Waals surface area contributed by atoms with Crippen LogP contribution in [-0.4, -0.2) is 53.1 Å². The maximum atomic E-state index is 9.87. The Bertz CT molecular complexity index is 475. The minimum Gasteiger partial charge on any atom is -0.693 e. The minimum absolute atomic E-state index is 0.500. The van der Waals surface area contributed by atoms with Crippen molar-refractivity contribution in [2.75, 3.05) is 7.05 Å². The first kappa shape index (κ1) is 15.8. The summed E-state index contributed by atoms with van der Waals surface area (Å²) in [7, 11) is 1.69. The molecule has 0 saturated carbocycles. The van der Waals surface area contributed by atoms with Crippen molar-refractivity contribution in [2.45, 2.75) is 37.6 Å². The van der Waals surface area contributed by atoms with E-state index in [2.05, 4.69) is 5.32 Å². The number of aliphatic hydroxyl groups excluding tert-OH is 3. The van der Waals surface area contributed by atoms with E-state index in [0.29, 0.717) is 5.75 Å². The highest BCUT2D eigenvalue weighted by Gasteiger charge is 2.43. The molecule has 0 aliphatic carbocycles. The summed E-state index contributed by atoms with van der Waals surface area (Å²) in [5.74, 6) is 0.500. The zero-order valence-corrected chi connectivity index (χ0v) is 12.0. The number of hydrogen-bond donors (Lipinski definition) is 3. The highest BCUT2D eigenvalue weighted by atomic mass is 16.7. The first-order chi connectivity index (χ1) is 10.0. The summed E-state index contributed by atoms with van der Waals surface area (Å²) >= 11 is 0. The molecule has 6 nitrogen and oxygen atoms in total. The van der Waals surface area contributed by atoms with Gasteiger partial charge in [0.2, 0.25) is 6.29 Å². The molecule has 3 N–H and O–H groups in total. The number of aliphatic hydroxyl groups is 3. The first-order valence-electron chi connectivity index (χ1n) is 6.75. The van der Waals surface area contributed by atoms with Crippen molar-refractivity contribution in [2.24, 2.45) is 0 Å². The van der Waals surface area contributed by atoms with Crippen LogP contribution in [0, 0.1) is 0 Å². The highest BCUT2D eigenvalue weighted by molar-refractivity contribution is 5.51. The van der Waals surface area contributed by atoms with Crippen LogP contribution in [0.2, 0.25) is 0 Å². The molecule has 0 amide bonds. The number of ether oxygens (including phenoxy) is 2. The second-order valence-corrected chi connectivity index (χ2v) is 4.94. The van der Waals surface area contributed by atoms with Gasteiger partial charge in [-0.05, 0) is 24.6 Å². The molecule has 0 aromatic heterocycles. The lowest BCUT2D eigenvalue weighted by molar-refractivity contribution is -0.268. The van der Waals surface area contributed by atoms with E-state index in [9.17, 15) is 15.3 Å². The Balaban J connectivity index is 2.02. The molecule has 2 rings (SSSR count). The van der Waals surface area contributed by atoms with Crippen LogP contribution in [0.15, 0.2) is 30.5 Å². The van der Waals surface area contributed by atoms with Gasteiger partial charge >= 0.3 is 0 Å². The van der Waals surface area contributed by atoms with E-state index in [4.69, 9.17) is 9.47 Å². The van der Waals surface area contributed by atoms with Crippen LogP contribution in [0.1, 0.15) is 12.5 Å². The van der Waals surface area contributed by atoms with E-state index in [1.54, 1.807) is 32.3 Å². The van der Waals surface area contributed by atoms with Gasteiger partial charge in [0.15, 0.2) is 0 Å². The molecule has 116 valence electrons. The predicted molar refractivity (Wildman–Crippen MR) is 77.7 cm³/mol. The standard InChI is InChI=1S/C15H20NO5/c1-9-12(17)13(18)14(19)15(20-9)21-11-5-3-10(4-6-11)7-8-16-2/h3-9,12-15,17-19H,1-2H3/q-1/b8-7+. The monoisotopic (exact) mass is 294 g/mol. The van der Waals surface area contributed by atoms with Gasteiger partial charge in [0.1, 0.15) is 24.1 Å². The highest BCUT2D eigenvalue weighted by Crippen LogP contribution is 2.24. The van der Waals surface area contributed by atoms with Crippen molar-refractivity contribution in [1.82, 2.24) is 0 Å². The fourth-order valence-corrected chi connectivity index (χ4v) is 2.06. The number of rotatable bonds is 4. The molecule has 6 heteroatoms. The van der Waals surface area contributed by atoms with Gasteiger partial charge in [-0.3, -0.25) is 0 Å². The second kappa shape index (κ2) is 6.91. The smallest absolute Gasteiger partial charge is 0.229 e. The van der Waals surface area contributed by atoms with E-state index in [0.717, 1.165) is 5.56 Å². The van der Waals surface area contributed by atoms with E-state index in [1.165, 1.54) is 0 Å². The molecule has 1 saturated heterocycles. The van der Waals surface area contributed by atoms with Crippen LogP contribution >= 0.6 is 0 Å². The fraction of sp³-hybridized carbons (Fsp3) is 0.467. The Labute approximate surface area is 123 Å². The van der Waals surface area contributed by atoms with Gasteiger partial charge in [-0.25, -0.2) is 0 Å². The SMILES string of the molecule is C[N-]/C=C/c1ccc(OC2OC(C)C(O)C(O)C2O)cc1. The largest absolute Gasteiger partial charge is 0.693 e. The third kappa shape index (κ3) is 3.74. The van der Waals surface area contributed by atoms with Gasteiger partial charge in [0.25, 0.3) is 0 Å². The fourth-order valence-electron chi connectivity index (χ4n) is 2.06. The Hall–Kier alpha value is -1.60. The number of hydrogen-bond acceptors (Lipinski definition) is 5. The topological polar surface area (TPSA) is 93.3 Å². The Morgan fingerprint density at radius 2 is 1.76 bits per heavy atom.